The summed E-state index contributed by atoms with van der Waals surface area (Å²) in [4.78, 5) is 12.7. The average Bonchev–Trinajstić information content (AvgIpc) is 2.91. The number of hydrogen-bond donors (Lipinski definition) is 1. The van der Waals surface area contributed by atoms with Gasteiger partial charge in [0.1, 0.15) is 10.7 Å². The molecule has 1 aromatic carbocycles. The Kier molecular flexibility index (Phi) is 3.96. The molecule has 0 saturated heterocycles. The Hall–Kier alpha value is -1.72. The lowest BCUT2D eigenvalue weighted by atomic mass is 9.49. The molecule has 0 spiro atoms. The van der Waals surface area contributed by atoms with E-state index in [0.29, 0.717) is 31.3 Å². The molecule has 3 nitrogen and oxygen atoms in total. The summed E-state index contributed by atoms with van der Waals surface area (Å²) in [5, 5.41) is 5.14. The molecule has 130 valence electrons. The summed E-state index contributed by atoms with van der Waals surface area (Å²) in [5.41, 5.74) is 4.06. The first-order chi connectivity index (χ1) is 11.9. The van der Waals surface area contributed by atoms with E-state index in [1.165, 1.54) is 35.5 Å². The van der Waals surface area contributed by atoms with Gasteiger partial charge in [0, 0.05) is 10.1 Å². The molecule has 1 N–H and O–H groups in total. The summed E-state index contributed by atoms with van der Waals surface area (Å²) in [6, 6.07) is 4.31. The highest BCUT2D eigenvalue weighted by molar-refractivity contribution is 7.21. The molecule has 5 rings (SSSR count). The van der Waals surface area contributed by atoms with E-state index in [9.17, 15) is 9.18 Å². The minimum Gasteiger partial charge on any atom is -0.266 e. The van der Waals surface area contributed by atoms with Crippen molar-refractivity contribution >= 4 is 45.1 Å². The lowest BCUT2D eigenvalue weighted by Gasteiger charge is -2.55. The number of carbonyl (C=O) groups is 1. The van der Waals surface area contributed by atoms with Gasteiger partial charge in [-0.2, -0.15) is 5.10 Å². The summed E-state index contributed by atoms with van der Waals surface area (Å²) in [6.45, 7) is 4.59. The Bertz CT molecular complexity index is 931. The van der Waals surface area contributed by atoms with Crippen LogP contribution in [0.25, 0.3) is 10.1 Å². The van der Waals surface area contributed by atoms with Crippen LogP contribution in [0.15, 0.2) is 34.9 Å². The molecule has 1 saturated carbocycles. The molecule has 1 fully saturated rings. The number of hydrogen-bond acceptors (Lipinski definition) is 3. The Labute approximate surface area is 154 Å². The van der Waals surface area contributed by atoms with Crippen LogP contribution in [0.2, 0.25) is 5.02 Å². The van der Waals surface area contributed by atoms with Crippen LogP contribution in [0.3, 0.4) is 0 Å². The fourth-order valence-corrected chi connectivity index (χ4v) is 5.38. The van der Waals surface area contributed by atoms with Crippen LogP contribution in [0.1, 0.15) is 36.4 Å². The standard InChI is InChI=1S/C19H18ClFN2OS/c1-19(2)11-4-3-10(14(19)7-11)9-22-23-18(24)17-16(20)13-6-5-12(21)8-15(13)25-17/h3,5-6,8-9,11,14H,4,7H2,1-2H3,(H,23,24)/t11-,14+/m0/s1. The van der Waals surface area contributed by atoms with Crippen molar-refractivity contribution in [2.45, 2.75) is 26.7 Å². The summed E-state index contributed by atoms with van der Waals surface area (Å²) in [7, 11) is 0. The number of allylic oxidation sites excluding steroid dienone is 2. The highest BCUT2D eigenvalue weighted by Crippen LogP contribution is 2.58. The number of rotatable bonds is 3. The summed E-state index contributed by atoms with van der Waals surface area (Å²) < 4.78 is 14.0. The lowest BCUT2D eigenvalue weighted by Crippen LogP contribution is -2.48. The number of benzene rings is 1. The van der Waals surface area contributed by atoms with E-state index in [1.54, 1.807) is 12.3 Å². The Morgan fingerprint density at radius 2 is 2.28 bits per heavy atom. The quantitative estimate of drug-likeness (QED) is 0.565. The van der Waals surface area contributed by atoms with Gasteiger partial charge in [0.05, 0.1) is 11.2 Å². The van der Waals surface area contributed by atoms with Crippen molar-refractivity contribution in [1.82, 2.24) is 5.43 Å². The second-order valence-corrected chi connectivity index (χ2v) is 8.76. The Morgan fingerprint density at radius 3 is 3.00 bits per heavy atom. The van der Waals surface area contributed by atoms with E-state index in [2.05, 4.69) is 30.5 Å². The van der Waals surface area contributed by atoms with E-state index < -0.39 is 0 Å². The van der Waals surface area contributed by atoms with Gasteiger partial charge in [-0.1, -0.05) is 31.5 Å². The average molecular weight is 377 g/mol. The maximum Gasteiger partial charge on any atom is 0.283 e. The van der Waals surface area contributed by atoms with Crippen molar-refractivity contribution in [3.63, 3.8) is 0 Å². The number of nitrogens with zero attached hydrogens (tertiary/aromatic N) is 1. The van der Waals surface area contributed by atoms with Gasteiger partial charge < -0.3 is 0 Å². The Balaban J connectivity index is 1.50. The summed E-state index contributed by atoms with van der Waals surface area (Å²) in [5.74, 6) is 0.566. The van der Waals surface area contributed by atoms with Crippen molar-refractivity contribution in [3.05, 3.63) is 45.6 Å². The minimum absolute atomic E-state index is 0.318. The van der Waals surface area contributed by atoms with Gasteiger partial charge in [-0.05, 0) is 53.9 Å². The molecule has 0 aliphatic heterocycles. The highest BCUT2D eigenvalue weighted by atomic mass is 35.5. The van der Waals surface area contributed by atoms with Crippen molar-refractivity contribution in [3.8, 4) is 0 Å². The maximum absolute atomic E-state index is 13.3. The fraction of sp³-hybridized carbons (Fsp3) is 0.368. The number of nitrogens with one attached hydrogen (secondary N) is 1. The largest absolute Gasteiger partial charge is 0.283 e. The number of hydrazone groups is 1. The van der Waals surface area contributed by atoms with Gasteiger partial charge in [-0.15, -0.1) is 11.3 Å². The zero-order valence-electron chi connectivity index (χ0n) is 14.0. The van der Waals surface area contributed by atoms with E-state index >= 15 is 0 Å². The third-order valence-electron chi connectivity index (χ3n) is 5.69. The second-order valence-electron chi connectivity index (χ2n) is 7.33. The molecule has 1 heterocycles. The van der Waals surface area contributed by atoms with Crippen LogP contribution < -0.4 is 5.43 Å². The number of amides is 1. The van der Waals surface area contributed by atoms with Crippen molar-refractivity contribution in [2.75, 3.05) is 0 Å². The predicted molar refractivity (Wildman–Crippen MR) is 101 cm³/mol. The second kappa shape index (κ2) is 5.92. The first-order valence-corrected chi connectivity index (χ1v) is 9.48. The third-order valence-corrected chi connectivity index (χ3v) is 7.34. The van der Waals surface area contributed by atoms with Crippen molar-refractivity contribution in [2.24, 2.45) is 22.4 Å². The monoisotopic (exact) mass is 376 g/mol. The molecule has 3 aliphatic rings. The molecule has 1 aromatic heterocycles. The smallest absolute Gasteiger partial charge is 0.266 e. The minimum atomic E-state index is -0.370. The first-order valence-electron chi connectivity index (χ1n) is 8.29. The third kappa shape index (κ3) is 2.70. The van der Waals surface area contributed by atoms with Crippen molar-refractivity contribution < 1.29 is 9.18 Å². The van der Waals surface area contributed by atoms with Gasteiger partial charge >= 0.3 is 0 Å². The molecule has 2 aromatic rings. The van der Waals surface area contributed by atoms with Gasteiger partial charge in [-0.25, -0.2) is 9.82 Å². The van der Waals surface area contributed by atoms with Crippen LogP contribution >= 0.6 is 22.9 Å². The van der Waals surface area contributed by atoms with Gasteiger partial charge in [-0.3, -0.25) is 4.79 Å². The van der Waals surface area contributed by atoms with E-state index in [0.717, 1.165) is 12.3 Å². The predicted octanol–water partition coefficient (Wildman–Crippen LogP) is 5.40. The lowest BCUT2D eigenvalue weighted by molar-refractivity contribution is -0.00126. The molecule has 0 unspecified atom stereocenters. The van der Waals surface area contributed by atoms with E-state index in [1.807, 2.05) is 0 Å². The van der Waals surface area contributed by atoms with Gasteiger partial charge in [0.2, 0.25) is 0 Å². The van der Waals surface area contributed by atoms with Gasteiger partial charge in [0.25, 0.3) is 5.91 Å². The summed E-state index contributed by atoms with van der Waals surface area (Å²) >= 11 is 7.43. The van der Waals surface area contributed by atoms with Crippen LogP contribution in [0, 0.1) is 23.1 Å². The fourth-order valence-electron chi connectivity index (χ4n) is 3.95. The molecule has 0 radical (unpaired) electrons. The van der Waals surface area contributed by atoms with Crippen molar-refractivity contribution in [1.29, 1.82) is 0 Å². The number of thiophene rings is 1. The normalized spacial score (nSPS) is 24.2. The van der Waals surface area contributed by atoms with Crippen LogP contribution in [0.5, 0.6) is 0 Å². The zero-order chi connectivity index (χ0) is 17.8. The van der Waals surface area contributed by atoms with Crippen LogP contribution in [-0.4, -0.2) is 12.1 Å². The molecule has 2 bridgehead atoms. The number of fused-ring (bicyclic) bond motifs is 2. The number of carbonyl (C=O) groups excluding carboxylic acids is 1. The molecule has 3 aliphatic carbocycles. The summed E-state index contributed by atoms with van der Waals surface area (Å²) in [6.07, 6.45) is 6.24. The van der Waals surface area contributed by atoms with Crippen LogP contribution in [0.4, 0.5) is 4.39 Å². The van der Waals surface area contributed by atoms with Crippen LogP contribution in [-0.2, 0) is 0 Å². The maximum atomic E-state index is 13.3. The molecule has 2 atom stereocenters. The molecular formula is C19H18ClFN2OS. The van der Waals surface area contributed by atoms with E-state index in [4.69, 9.17) is 11.6 Å². The topological polar surface area (TPSA) is 41.5 Å². The molecule has 6 heteroatoms. The molecule has 25 heavy (non-hydrogen) atoms. The Morgan fingerprint density at radius 1 is 1.48 bits per heavy atom. The SMILES string of the molecule is CC1(C)[C@H]2CC=C(C=NNC(=O)c3sc4cc(F)ccc4c3Cl)[C@H]1C2. The molecule has 1 amide bonds. The zero-order valence-corrected chi connectivity index (χ0v) is 15.5. The first kappa shape index (κ1) is 16.7. The van der Waals surface area contributed by atoms with E-state index in [-0.39, 0.29) is 11.7 Å². The number of halogens is 2. The molecular weight excluding hydrogens is 359 g/mol. The highest BCUT2D eigenvalue weighted by Gasteiger charge is 2.50. The van der Waals surface area contributed by atoms with Gasteiger partial charge in [0.15, 0.2) is 0 Å².